The molecule has 6 heteroatoms. The second kappa shape index (κ2) is 10.2. The van der Waals surface area contributed by atoms with Gasteiger partial charge in [-0.05, 0) is 26.7 Å². The predicted octanol–water partition coefficient (Wildman–Crippen LogP) is 2.21. The largest absolute Gasteiger partial charge is 0.379 e. The Morgan fingerprint density at radius 3 is 1.54 bits per heavy atom. The fourth-order valence-electron chi connectivity index (χ4n) is 3.59. The van der Waals surface area contributed by atoms with E-state index in [1.165, 1.54) is 38.5 Å². The Kier molecular flexibility index (Phi) is 8.32. The van der Waals surface area contributed by atoms with Gasteiger partial charge in [0.15, 0.2) is 0 Å². The molecule has 0 bridgehead atoms. The van der Waals surface area contributed by atoms with E-state index in [1.807, 2.05) is 36.1 Å². The number of rotatable bonds is 11. The lowest BCUT2D eigenvalue weighted by Crippen LogP contribution is -2.38. The molecule has 2 aliphatic rings. The lowest BCUT2D eigenvalue weighted by Gasteiger charge is -2.25. The zero-order chi connectivity index (χ0) is 17.4. The minimum atomic E-state index is -0.405. The van der Waals surface area contributed by atoms with Crippen molar-refractivity contribution in [2.24, 2.45) is 9.98 Å². The van der Waals surface area contributed by atoms with Crippen molar-refractivity contribution in [2.75, 3.05) is 13.3 Å². The maximum Gasteiger partial charge on any atom is 0.106 e. The maximum absolute atomic E-state index is 9.68. The average Bonchev–Trinajstić information content (AvgIpc) is 3.18. The standard InChI is InChI=1S/C18H34N4O2/c1-15(23)21-13-19-11-17(21)9-7-5-3-4-6-8-10-18-12-20-14-22(18)16(2)24/h11-12,15-18,23-24H,3-10,13-14H2,1-2H3. The second-order valence-corrected chi connectivity index (χ2v) is 7.07. The van der Waals surface area contributed by atoms with Crippen LogP contribution in [-0.2, 0) is 0 Å². The van der Waals surface area contributed by atoms with Crippen LogP contribution < -0.4 is 0 Å². The van der Waals surface area contributed by atoms with Crippen LogP contribution >= 0.6 is 0 Å². The van der Waals surface area contributed by atoms with E-state index in [4.69, 9.17) is 0 Å². The highest BCUT2D eigenvalue weighted by Crippen LogP contribution is 2.18. The summed E-state index contributed by atoms with van der Waals surface area (Å²) in [6, 6.07) is 0.635. The second-order valence-electron chi connectivity index (χ2n) is 7.07. The summed E-state index contributed by atoms with van der Waals surface area (Å²) in [5.74, 6) is 0. The van der Waals surface area contributed by atoms with Crippen LogP contribution in [0.1, 0.15) is 65.2 Å². The Bertz CT molecular complexity index is 374. The van der Waals surface area contributed by atoms with Crippen molar-refractivity contribution in [2.45, 2.75) is 89.8 Å². The number of aliphatic hydroxyl groups is 2. The molecule has 0 aromatic heterocycles. The van der Waals surface area contributed by atoms with E-state index in [2.05, 4.69) is 9.98 Å². The van der Waals surface area contributed by atoms with E-state index in [0.29, 0.717) is 25.4 Å². The van der Waals surface area contributed by atoms with Crippen LogP contribution in [0.3, 0.4) is 0 Å². The predicted molar refractivity (Wildman–Crippen MR) is 98.3 cm³/mol. The first-order chi connectivity index (χ1) is 11.6. The zero-order valence-corrected chi connectivity index (χ0v) is 15.2. The molecule has 0 aliphatic carbocycles. The smallest absolute Gasteiger partial charge is 0.106 e. The minimum Gasteiger partial charge on any atom is -0.379 e. The SMILES string of the molecule is CC(O)N1CN=CC1CCCCCCCCC1C=NCN1C(C)O. The molecule has 2 aliphatic heterocycles. The normalized spacial score (nSPS) is 27.2. The van der Waals surface area contributed by atoms with Gasteiger partial charge in [0.2, 0.25) is 0 Å². The summed E-state index contributed by atoms with van der Waals surface area (Å²) < 4.78 is 0. The third-order valence-corrected chi connectivity index (χ3v) is 5.11. The Balaban J connectivity index is 1.46. The van der Waals surface area contributed by atoms with Crippen molar-refractivity contribution in [1.29, 1.82) is 0 Å². The summed E-state index contributed by atoms with van der Waals surface area (Å²) in [4.78, 5) is 12.6. The maximum atomic E-state index is 9.68. The molecule has 4 unspecified atom stereocenters. The summed E-state index contributed by atoms with van der Waals surface area (Å²) in [6.45, 7) is 4.90. The molecule has 0 aromatic carbocycles. The Morgan fingerprint density at radius 1 is 0.792 bits per heavy atom. The number of hydrogen-bond donors (Lipinski definition) is 2. The highest BCUT2D eigenvalue weighted by molar-refractivity contribution is 5.66. The third kappa shape index (κ3) is 5.92. The number of unbranched alkanes of at least 4 members (excludes halogenated alkanes) is 5. The number of hydrogen-bond acceptors (Lipinski definition) is 6. The quantitative estimate of drug-likeness (QED) is 0.567. The van der Waals surface area contributed by atoms with Crippen molar-refractivity contribution in [1.82, 2.24) is 9.80 Å². The lowest BCUT2D eigenvalue weighted by molar-refractivity contribution is 0.0127. The van der Waals surface area contributed by atoms with Crippen LogP contribution in [0.2, 0.25) is 0 Å². The van der Waals surface area contributed by atoms with Gasteiger partial charge in [-0.1, -0.05) is 38.5 Å². The summed E-state index contributed by atoms with van der Waals surface area (Å²) in [5, 5.41) is 19.4. The molecule has 0 aromatic rings. The Labute approximate surface area is 146 Å². The van der Waals surface area contributed by atoms with Gasteiger partial charge in [-0.15, -0.1) is 0 Å². The number of aliphatic hydroxyl groups excluding tert-OH is 2. The first-order valence-electron chi connectivity index (χ1n) is 9.47. The van der Waals surface area contributed by atoms with Crippen LogP contribution in [0.15, 0.2) is 9.98 Å². The van der Waals surface area contributed by atoms with Crippen LogP contribution in [0.25, 0.3) is 0 Å². The molecule has 2 rings (SSSR count). The highest BCUT2D eigenvalue weighted by Gasteiger charge is 2.24. The Hall–Kier alpha value is -0.820. The molecule has 0 amide bonds. The number of aliphatic imine (C=N–C) groups is 2. The molecule has 0 saturated carbocycles. The summed E-state index contributed by atoms with van der Waals surface area (Å²) >= 11 is 0. The van der Waals surface area contributed by atoms with Gasteiger partial charge in [-0.25, -0.2) is 0 Å². The molecule has 0 saturated heterocycles. The third-order valence-electron chi connectivity index (χ3n) is 5.11. The lowest BCUT2D eigenvalue weighted by atomic mass is 10.0. The van der Waals surface area contributed by atoms with Gasteiger partial charge in [-0.3, -0.25) is 19.8 Å². The van der Waals surface area contributed by atoms with Crippen molar-refractivity contribution in [3.8, 4) is 0 Å². The van der Waals surface area contributed by atoms with Crippen LogP contribution in [0.4, 0.5) is 0 Å². The van der Waals surface area contributed by atoms with Gasteiger partial charge in [-0.2, -0.15) is 0 Å². The molecule has 24 heavy (non-hydrogen) atoms. The molecule has 0 spiro atoms. The van der Waals surface area contributed by atoms with Gasteiger partial charge in [0.1, 0.15) is 12.5 Å². The molecular weight excluding hydrogens is 304 g/mol. The monoisotopic (exact) mass is 338 g/mol. The van der Waals surface area contributed by atoms with E-state index in [-0.39, 0.29) is 0 Å². The van der Waals surface area contributed by atoms with Crippen LogP contribution in [0.5, 0.6) is 0 Å². The van der Waals surface area contributed by atoms with E-state index >= 15 is 0 Å². The zero-order valence-electron chi connectivity index (χ0n) is 15.2. The van der Waals surface area contributed by atoms with Crippen molar-refractivity contribution in [3.05, 3.63) is 0 Å². The summed E-state index contributed by atoms with van der Waals surface area (Å²) in [6.07, 6.45) is 12.8. The molecule has 138 valence electrons. The van der Waals surface area contributed by atoms with Crippen molar-refractivity contribution < 1.29 is 10.2 Å². The molecule has 4 atom stereocenters. The molecule has 0 fully saturated rings. The van der Waals surface area contributed by atoms with Crippen LogP contribution in [0, 0.1) is 0 Å². The first-order valence-corrected chi connectivity index (χ1v) is 9.47. The molecular formula is C18H34N4O2. The number of nitrogens with zero attached hydrogens (tertiary/aromatic N) is 4. The fraction of sp³-hybridized carbons (Fsp3) is 0.889. The fourth-order valence-corrected chi connectivity index (χ4v) is 3.59. The van der Waals surface area contributed by atoms with Crippen LogP contribution in [-0.4, -0.2) is 70.3 Å². The first kappa shape index (κ1) is 19.5. The summed E-state index contributed by atoms with van der Waals surface area (Å²) in [7, 11) is 0. The highest BCUT2D eigenvalue weighted by atomic mass is 16.3. The van der Waals surface area contributed by atoms with E-state index in [9.17, 15) is 10.2 Å². The van der Waals surface area contributed by atoms with Gasteiger partial charge in [0.05, 0.1) is 13.3 Å². The van der Waals surface area contributed by atoms with Gasteiger partial charge >= 0.3 is 0 Å². The van der Waals surface area contributed by atoms with Crippen molar-refractivity contribution in [3.63, 3.8) is 0 Å². The van der Waals surface area contributed by atoms with E-state index in [0.717, 1.165) is 12.8 Å². The summed E-state index contributed by atoms with van der Waals surface area (Å²) in [5.41, 5.74) is 0. The van der Waals surface area contributed by atoms with Crippen molar-refractivity contribution >= 4 is 12.4 Å². The average molecular weight is 338 g/mol. The minimum absolute atomic E-state index is 0.318. The Morgan fingerprint density at radius 2 is 1.17 bits per heavy atom. The van der Waals surface area contributed by atoms with Gasteiger partial charge in [0.25, 0.3) is 0 Å². The van der Waals surface area contributed by atoms with E-state index in [1.54, 1.807) is 0 Å². The molecule has 0 radical (unpaired) electrons. The van der Waals surface area contributed by atoms with Gasteiger partial charge < -0.3 is 10.2 Å². The molecule has 2 heterocycles. The molecule has 6 nitrogen and oxygen atoms in total. The van der Waals surface area contributed by atoms with Gasteiger partial charge in [0, 0.05) is 24.5 Å². The topological polar surface area (TPSA) is 71.7 Å². The van der Waals surface area contributed by atoms with E-state index < -0.39 is 12.5 Å². The molecule has 2 N–H and O–H groups in total.